The Labute approximate surface area is 109 Å². The van der Waals surface area contributed by atoms with E-state index in [-0.39, 0.29) is 5.91 Å². The summed E-state index contributed by atoms with van der Waals surface area (Å²) in [5.41, 5.74) is 0.606. The maximum absolute atomic E-state index is 11.7. The number of nitriles is 1. The van der Waals surface area contributed by atoms with Crippen LogP contribution in [0, 0.1) is 17.2 Å². The number of ether oxygens (including phenoxy) is 1. The van der Waals surface area contributed by atoms with Crippen molar-refractivity contribution >= 4 is 27.5 Å². The summed E-state index contributed by atoms with van der Waals surface area (Å²) in [6, 6.07) is 7.20. The van der Waals surface area contributed by atoms with Crippen LogP contribution in [0.5, 0.6) is 5.75 Å². The lowest BCUT2D eigenvalue weighted by molar-refractivity contribution is -0.118. The Hall–Kier alpha value is -1.54. The SMILES string of the molecule is CCC(C#N)C(=O)Nc1cc(Br)cc(OC)c1. The first kappa shape index (κ1) is 13.5. The van der Waals surface area contributed by atoms with E-state index in [0.29, 0.717) is 17.9 Å². The van der Waals surface area contributed by atoms with E-state index >= 15 is 0 Å². The quantitative estimate of drug-likeness (QED) is 0.929. The molecule has 1 unspecified atom stereocenters. The molecule has 0 fully saturated rings. The first-order chi connectivity index (χ1) is 8.10. The van der Waals surface area contributed by atoms with Gasteiger partial charge >= 0.3 is 0 Å². The summed E-state index contributed by atoms with van der Waals surface area (Å²) in [6.07, 6.45) is 0.494. The Balaban J connectivity index is 2.85. The van der Waals surface area contributed by atoms with Crippen LogP contribution < -0.4 is 10.1 Å². The first-order valence-corrected chi connectivity index (χ1v) is 5.95. The molecule has 0 spiro atoms. The van der Waals surface area contributed by atoms with Gasteiger partial charge in [0.05, 0.1) is 13.2 Å². The zero-order valence-corrected chi connectivity index (χ0v) is 11.2. The van der Waals surface area contributed by atoms with Gasteiger partial charge in [-0.3, -0.25) is 4.79 Å². The third-order valence-corrected chi connectivity index (χ3v) is 2.71. The summed E-state index contributed by atoms with van der Waals surface area (Å²) in [7, 11) is 1.55. The molecule has 0 aliphatic heterocycles. The molecule has 0 saturated carbocycles. The van der Waals surface area contributed by atoms with Gasteiger partial charge in [-0.1, -0.05) is 22.9 Å². The molecule has 0 heterocycles. The lowest BCUT2D eigenvalue weighted by Crippen LogP contribution is -2.20. The fourth-order valence-corrected chi connectivity index (χ4v) is 1.79. The van der Waals surface area contributed by atoms with Crippen molar-refractivity contribution in [2.75, 3.05) is 12.4 Å². The summed E-state index contributed by atoms with van der Waals surface area (Å²) in [5.74, 6) is -0.283. The zero-order valence-electron chi connectivity index (χ0n) is 9.66. The number of anilines is 1. The molecule has 1 amide bonds. The number of hydrogen-bond acceptors (Lipinski definition) is 3. The lowest BCUT2D eigenvalue weighted by atomic mass is 10.1. The normalized spacial score (nSPS) is 11.4. The third-order valence-electron chi connectivity index (χ3n) is 2.26. The number of nitrogens with zero attached hydrogens (tertiary/aromatic N) is 1. The van der Waals surface area contributed by atoms with Crippen LogP contribution in [0.25, 0.3) is 0 Å². The molecule has 5 heteroatoms. The molecular formula is C12H13BrN2O2. The molecule has 0 aliphatic rings. The van der Waals surface area contributed by atoms with Crippen LogP contribution in [0.3, 0.4) is 0 Å². The largest absolute Gasteiger partial charge is 0.497 e. The minimum absolute atomic E-state index is 0.296. The average Bonchev–Trinajstić information content (AvgIpc) is 2.29. The molecule has 0 saturated heterocycles. The van der Waals surface area contributed by atoms with Crippen molar-refractivity contribution in [1.82, 2.24) is 0 Å². The van der Waals surface area contributed by atoms with Gasteiger partial charge in [0.2, 0.25) is 5.91 Å². The van der Waals surface area contributed by atoms with E-state index in [0.717, 1.165) is 4.47 Å². The number of nitrogens with one attached hydrogen (secondary N) is 1. The Morgan fingerprint density at radius 3 is 2.82 bits per heavy atom. The molecule has 1 aromatic rings. The molecule has 1 rings (SSSR count). The van der Waals surface area contributed by atoms with Crippen molar-refractivity contribution in [2.45, 2.75) is 13.3 Å². The van der Waals surface area contributed by atoms with Gasteiger partial charge in [0, 0.05) is 16.2 Å². The summed E-state index contributed by atoms with van der Waals surface area (Å²) in [4.78, 5) is 11.7. The monoisotopic (exact) mass is 296 g/mol. The fourth-order valence-electron chi connectivity index (χ4n) is 1.32. The number of methoxy groups -OCH3 is 1. The second-order valence-electron chi connectivity index (χ2n) is 3.46. The minimum atomic E-state index is -0.625. The van der Waals surface area contributed by atoms with E-state index < -0.39 is 5.92 Å². The van der Waals surface area contributed by atoms with Crippen molar-refractivity contribution in [2.24, 2.45) is 5.92 Å². The number of carbonyl (C=O) groups excluding carboxylic acids is 1. The molecule has 1 aromatic carbocycles. The van der Waals surface area contributed by atoms with Crippen molar-refractivity contribution in [3.05, 3.63) is 22.7 Å². The van der Waals surface area contributed by atoms with Gasteiger partial charge in [-0.25, -0.2) is 0 Å². The van der Waals surface area contributed by atoms with Crippen LogP contribution in [0.1, 0.15) is 13.3 Å². The maximum Gasteiger partial charge on any atom is 0.241 e. The highest BCUT2D eigenvalue weighted by Gasteiger charge is 2.15. The van der Waals surface area contributed by atoms with Gasteiger partial charge in [-0.05, 0) is 18.6 Å². The molecular weight excluding hydrogens is 284 g/mol. The maximum atomic E-state index is 11.7. The molecule has 90 valence electrons. The summed E-state index contributed by atoms with van der Waals surface area (Å²) in [6.45, 7) is 1.80. The molecule has 0 radical (unpaired) electrons. The highest BCUT2D eigenvalue weighted by molar-refractivity contribution is 9.10. The molecule has 0 aromatic heterocycles. The van der Waals surface area contributed by atoms with Crippen molar-refractivity contribution in [3.63, 3.8) is 0 Å². The van der Waals surface area contributed by atoms with E-state index in [2.05, 4.69) is 21.2 Å². The van der Waals surface area contributed by atoms with Gasteiger partial charge in [-0.2, -0.15) is 5.26 Å². The third kappa shape index (κ3) is 3.75. The Kier molecular flexibility index (Phi) is 4.98. The summed E-state index contributed by atoms with van der Waals surface area (Å²) in [5, 5.41) is 11.5. The average molecular weight is 297 g/mol. The van der Waals surface area contributed by atoms with Gasteiger partial charge in [0.1, 0.15) is 11.7 Å². The molecule has 0 aliphatic carbocycles. The molecule has 1 atom stereocenters. The van der Waals surface area contributed by atoms with Crippen LogP contribution in [-0.2, 0) is 4.79 Å². The van der Waals surface area contributed by atoms with E-state index in [1.54, 1.807) is 32.2 Å². The molecule has 4 nitrogen and oxygen atoms in total. The summed E-state index contributed by atoms with van der Waals surface area (Å²) >= 11 is 3.32. The number of rotatable bonds is 4. The topological polar surface area (TPSA) is 62.1 Å². The number of hydrogen-bond donors (Lipinski definition) is 1. The molecule has 1 N–H and O–H groups in total. The highest BCUT2D eigenvalue weighted by Crippen LogP contribution is 2.24. The van der Waals surface area contributed by atoms with E-state index in [1.165, 1.54) is 0 Å². The van der Waals surface area contributed by atoms with Gasteiger partial charge < -0.3 is 10.1 Å². The zero-order chi connectivity index (χ0) is 12.8. The predicted molar refractivity (Wildman–Crippen MR) is 68.7 cm³/mol. The van der Waals surface area contributed by atoms with Crippen LogP contribution in [-0.4, -0.2) is 13.0 Å². The minimum Gasteiger partial charge on any atom is -0.497 e. The second-order valence-corrected chi connectivity index (χ2v) is 4.37. The Bertz CT molecular complexity index is 454. The lowest BCUT2D eigenvalue weighted by Gasteiger charge is -2.10. The fraction of sp³-hybridized carbons (Fsp3) is 0.333. The van der Waals surface area contributed by atoms with E-state index in [4.69, 9.17) is 10.00 Å². The second kappa shape index (κ2) is 6.26. The van der Waals surface area contributed by atoms with Crippen LogP contribution in [0.15, 0.2) is 22.7 Å². The van der Waals surface area contributed by atoms with Crippen molar-refractivity contribution in [3.8, 4) is 11.8 Å². The highest BCUT2D eigenvalue weighted by atomic mass is 79.9. The van der Waals surface area contributed by atoms with Gasteiger partial charge in [0.25, 0.3) is 0 Å². The van der Waals surface area contributed by atoms with E-state index in [9.17, 15) is 4.79 Å². The number of amides is 1. The van der Waals surface area contributed by atoms with Crippen molar-refractivity contribution in [1.29, 1.82) is 5.26 Å². The Morgan fingerprint density at radius 2 is 2.29 bits per heavy atom. The van der Waals surface area contributed by atoms with Crippen LogP contribution in [0.2, 0.25) is 0 Å². The van der Waals surface area contributed by atoms with Crippen molar-refractivity contribution < 1.29 is 9.53 Å². The van der Waals surface area contributed by atoms with Crippen LogP contribution in [0.4, 0.5) is 5.69 Å². The molecule has 17 heavy (non-hydrogen) atoms. The first-order valence-electron chi connectivity index (χ1n) is 5.15. The predicted octanol–water partition coefficient (Wildman–Crippen LogP) is 2.95. The number of benzene rings is 1. The number of carbonyl (C=O) groups is 1. The number of halogens is 1. The smallest absolute Gasteiger partial charge is 0.241 e. The van der Waals surface area contributed by atoms with E-state index in [1.807, 2.05) is 6.07 Å². The van der Waals surface area contributed by atoms with Crippen LogP contribution >= 0.6 is 15.9 Å². The standard InChI is InChI=1S/C12H13BrN2O2/c1-3-8(7-14)12(16)15-10-4-9(13)5-11(6-10)17-2/h4-6,8H,3H2,1-2H3,(H,15,16). The van der Waals surface area contributed by atoms with Gasteiger partial charge in [-0.15, -0.1) is 0 Å². The van der Waals surface area contributed by atoms with Gasteiger partial charge in [0.15, 0.2) is 0 Å². The Morgan fingerprint density at radius 1 is 1.59 bits per heavy atom. The summed E-state index contributed by atoms with van der Waals surface area (Å²) < 4.78 is 5.89. The molecule has 0 bridgehead atoms.